The van der Waals surface area contributed by atoms with E-state index in [4.69, 9.17) is 15.1 Å². The third-order valence-corrected chi connectivity index (χ3v) is 2.21. The van der Waals surface area contributed by atoms with Crippen LogP contribution in [0.4, 0.5) is 0 Å². The lowest BCUT2D eigenvalue weighted by molar-refractivity contribution is -0.152. The van der Waals surface area contributed by atoms with Gasteiger partial charge in [0.2, 0.25) is 11.7 Å². The molecule has 20 heavy (non-hydrogen) atoms. The van der Waals surface area contributed by atoms with Gasteiger partial charge in [0.25, 0.3) is 0 Å². The molecule has 1 amide bonds. The van der Waals surface area contributed by atoms with Crippen LogP contribution in [0.15, 0.2) is 0 Å². The summed E-state index contributed by atoms with van der Waals surface area (Å²) < 4.78 is 0. The summed E-state index contributed by atoms with van der Waals surface area (Å²) in [7, 11) is 0. The molecule has 0 heterocycles. The van der Waals surface area contributed by atoms with Gasteiger partial charge in [0, 0.05) is 12.8 Å². The normalized spacial score (nSPS) is 12.6. The van der Waals surface area contributed by atoms with Gasteiger partial charge < -0.3 is 10.2 Å². The summed E-state index contributed by atoms with van der Waals surface area (Å²) in [5, 5.41) is 17.3. The fourth-order valence-corrected chi connectivity index (χ4v) is 1.19. The number of amides is 1. The number of hydrogen-bond acceptors (Lipinski definition) is 5. The summed E-state index contributed by atoms with van der Waals surface area (Å²) in [6.07, 6.45) is -0.967. The van der Waals surface area contributed by atoms with E-state index >= 15 is 0 Å². The zero-order valence-electron chi connectivity index (χ0n) is 11.6. The first-order valence-corrected chi connectivity index (χ1v) is 5.98. The maximum absolute atomic E-state index is 11.4. The van der Waals surface area contributed by atoms with Crippen LogP contribution in [0.1, 0.15) is 40.0 Å². The number of rotatable bonds is 8. The van der Waals surface area contributed by atoms with Crippen molar-refractivity contribution < 1.29 is 34.2 Å². The molecule has 1 unspecified atom stereocenters. The van der Waals surface area contributed by atoms with Gasteiger partial charge in [0.15, 0.2) is 0 Å². The fraction of sp³-hybridized carbons (Fsp3) is 0.667. The lowest BCUT2D eigenvalue weighted by Gasteiger charge is -2.19. The van der Waals surface area contributed by atoms with Gasteiger partial charge in [-0.3, -0.25) is 19.2 Å². The minimum Gasteiger partial charge on any atom is -0.481 e. The first-order chi connectivity index (χ1) is 9.03. The Bertz CT molecular complexity index is 397. The molecule has 0 rings (SSSR count). The average molecular weight is 289 g/mol. The number of Topliss-reactive ketones (excluding diaryl/α,β-unsaturated/α-hetero) is 1. The van der Waals surface area contributed by atoms with E-state index in [-0.39, 0.29) is 12.8 Å². The maximum atomic E-state index is 11.4. The van der Waals surface area contributed by atoms with Gasteiger partial charge in [-0.2, -0.15) is 0 Å². The molecule has 3 N–H and O–H groups in total. The van der Waals surface area contributed by atoms with Crippen molar-refractivity contribution in [1.82, 2.24) is 5.48 Å². The molecule has 0 aliphatic rings. The molecule has 8 heteroatoms. The molecule has 1 atom stereocenters. The molecular weight excluding hydrogens is 270 g/mol. The Morgan fingerprint density at radius 2 is 1.70 bits per heavy atom. The minimum absolute atomic E-state index is 0.145. The lowest BCUT2D eigenvalue weighted by atomic mass is 9.97. The van der Waals surface area contributed by atoms with Crippen molar-refractivity contribution in [2.24, 2.45) is 5.92 Å². The first kappa shape index (κ1) is 18.0. The van der Waals surface area contributed by atoms with Crippen molar-refractivity contribution in [2.75, 3.05) is 0 Å². The predicted molar refractivity (Wildman–Crippen MR) is 66.6 cm³/mol. The second-order valence-electron chi connectivity index (χ2n) is 5.25. The van der Waals surface area contributed by atoms with Crippen molar-refractivity contribution >= 4 is 23.6 Å². The Morgan fingerprint density at radius 1 is 1.15 bits per heavy atom. The van der Waals surface area contributed by atoms with Gasteiger partial charge >= 0.3 is 11.9 Å². The van der Waals surface area contributed by atoms with Crippen LogP contribution in [-0.2, 0) is 24.0 Å². The Balaban J connectivity index is 4.28. The monoisotopic (exact) mass is 289 g/mol. The molecule has 8 nitrogen and oxygen atoms in total. The molecule has 0 aromatic carbocycles. The van der Waals surface area contributed by atoms with E-state index < -0.39 is 41.6 Å². The van der Waals surface area contributed by atoms with Gasteiger partial charge in [-0.15, -0.1) is 0 Å². The zero-order chi connectivity index (χ0) is 15.9. The Hall–Kier alpha value is -1.96. The molecule has 0 aliphatic heterocycles. The van der Waals surface area contributed by atoms with Gasteiger partial charge in [-0.05, 0) is 27.2 Å². The largest absolute Gasteiger partial charge is 0.481 e. The Morgan fingerprint density at radius 3 is 2.10 bits per heavy atom. The van der Waals surface area contributed by atoms with E-state index in [0.717, 1.165) is 0 Å². The maximum Gasteiger partial charge on any atom is 0.372 e. The van der Waals surface area contributed by atoms with E-state index in [1.807, 2.05) is 0 Å². The molecule has 0 fully saturated rings. The topological polar surface area (TPSA) is 130 Å². The average Bonchev–Trinajstić information content (AvgIpc) is 2.29. The van der Waals surface area contributed by atoms with Crippen LogP contribution in [0, 0.1) is 5.92 Å². The van der Waals surface area contributed by atoms with Crippen molar-refractivity contribution in [3.63, 3.8) is 0 Å². The van der Waals surface area contributed by atoms with E-state index in [2.05, 4.69) is 5.48 Å². The van der Waals surface area contributed by atoms with Crippen molar-refractivity contribution in [3.05, 3.63) is 0 Å². The highest BCUT2D eigenvalue weighted by atomic mass is 16.7. The number of carboxylic acid groups (broad SMARTS) is 2. The number of carbonyl (C=O) groups is 4. The molecule has 0 saturated carbocycles. The van der Waals surface area contributed by atoms with Crippen LogP contribution in [0.25, 0.3) is 0 Å². The van der Waals surface area contributed by atoms with Crippen LogP contribution in [0.3, 0.4) is 0 Å². The van der Waals surface area contributed by atoms with Gasteiger partial charge in [0.05, 0.1) is 11.5 Å². The summed E-state index contributed by atoms with van der Waals surface area (Å²) in [6, 6.07) is 0. The molecule has 0 bridgehead atoms. The summed E-state index contributed by atoms with van der Waals surface area (Å²) in [5.41, 5.74) is 1.58. The highest BCUT2D eigenvalue weighted by Gasteiger charge is 2.25. The van der Waals surface area contributed by atoms with Gasteiger partial charge in [-0.25, -0.2) is 10.3 Å². The summed E-state index contributed by atoms with van der Waals surface area (Å²) >= 11 is 0. The van der Waals surface area contributed by atoms with Crippen LogP contribution in [-0.4, -0.2) is 39.4 Å². The van der Waals surface area contributed by atoms with Crippen molar-refractivity contribution in [2.45, 2.75) is 45.6 Å². The Labute approximate surface area is 116 Å². The third kappa shape index (κ3) is 8.20. The second-order valence-corrected chi connectivity index (χ2v) is 5.25. The summed E-state index contributed by atoms with van der Waals surface area (Å²) in [5.74, 6) is -5.93. The number of ketones is 1. The van der Waals surface area contributed by atoms with Gasteiger partial charge in [0.1, 0.15) is 0 Å². The molecule has 0 radical (unpaired) electrons. The molecule has 0 spiro atoms. The van der Waals surface area contributed by atoms with E-state index in [0.29, 0.717) is 0 Å². The van der Waals surface area contributed by atoms with Crippen LogP contribution >= 0.6 is 0 Å². The molecule has 0 saturated heterocycles. The van der Waals surface area contributed by atoms with E-state index in [1.165, 1.54) is 0 Å². The van der Waals surface area contributed by atoms with Crippen LogP contribution in [0.5, 0.6) is 0 Å². The SMILES string of the molecule is CC(C)(C)ONC(=O)CCC(CC(=O)C(=O)O)C(=O)O. The molecular formula is C12H19NO7. The van der Waals surface area contributed by atoms with E-state index in [1.54, 1.807) is 20.8 Å². The number of carboxylic acids is 2. The lowest BCUT2D eigenvalue weighted by Crippen LogP contribution is -2.34. The zero-order valence-corrected chi connectivity index (χ0v) is 11.6. The molecule has 114 valence electrons. The molecule has 0 aliphatic carbocycles. The first-order valence-electron chi connectivity index (χ1n) is 5.98. The highest BCUT2D eigenvalue weighted by molar-refractivity contribution is 6.33. The summed E-state index contributed by atoms with van der Waals surface area (Å²) in [6.45, 7) is 5.16. The molecule has 0 aromatic rings. The smallest absolute Gasteiger partial charge is 0.372 e. The highest BCUT2D eigenvalue weighted by Crippen LogP contribution is 2.13. The number of carbonyl (C=O) groups excluding carboxylic acids is 2. The Kier molecular flexibility index (Phi) is 6.84. The number of hydrogen-bond donors (Lipinski definition) is 3. The predicted octanol–water partition coefficient (Wildman–Crippen LogP) is 0.358. The van der Waals surface area contributed by atoms with E-state index in [9.17, 15) is 19.2 Å². The van der Waals surface area contributed by atoms with Crippen molar-refractivity contribution in [1.29, 1.82) is 0 Å². The number of nitrogens with one attached hydrogen (secondary N) is 1. The number of hydroxylamine groups is 1. The third-order valence-electron chi connectivity index (χ3n) is 2.21. The summed E-state index contributed by atoms with van der Waals surface area (Å²) in [4.78, 5) is 48.6. The number of aliphatic carboxylic acids is 2. The van der Waals surface area contributed by atoms with Crippen LogP contribution < -0.4 is 5.48 Å². The standard InChI is InChI=1S/C12H19NO7/c1-12(2,3)20-13-9(15)5-4-7(10(16)17)6-8(14)11(18)19/h7H,4-6H2,1-3H3,(H,13,15)(H,16,17)(H,18,19). The van der Waals surface area contributed by atoms with Crippen molar-refractivity contribution in [3.8, 4) is 0 Å². The second kappa shape index (κ2) is 7.59. The fourth-order valence-electron chi connectivity index (χ4n) is 1.19. The quantitative estimate of drug-likeness (QED) is 0.434. The van der Waals surface area contributed by atoms with Crippen LogP contribution in [0.2, 0.25) is 0 Å². The van der Waals surface area contributed by atoms with Gasteiger partial charge in [-0.1, -0.05) is 0 Å². The minimum atomic E-state index is -1.68. The molecule has 0 aromatic heterocycles.